The fourth-order valence-electron chi connectivity index (χ4n) is 3.69. The Labute approximate surface area is 149 Å². The molecule has 2 aliphatic heterocycles. The molecule has 1 aromatic carbocycles. The van der Waals surface area contributed by atoms with E-state index in [1.54, 1.807) is 0 Å². The van der Waals surface area contributed by atoms with Crippen molar-refractivity contribution in [3.8, 4) is 0 Å². The van der Waals surface area contributed by atoms with Crippen LogP contribution in [0, 0.1) is 11.8 Å². The number of halogens is 1. The third-order valence-corrected chi connectivity index (χ3v) is 5.55. The Hall–Kier alpha value is -1.10. The van der Waals surface area contributed by atoms with E-state index in [1.807, 2.05) is 29.2 Å². The van der Waals surface area contributed by atoms with Crippen LogP contribution >= 0.6 is 11.6 Å². The first-order valence-corrected chi connectivity index (χ1v) is 9.37. The van der Waals surface area contributed by atoms with Gasteiger partial charge in [-0.05, 0) is 55.5 Å². The Morgan fingerprint density at radius 1 is 1.42 bits per heavy atom. The number of nitrogens with zero attached hydrogens (tertiary/aromatic N) is 1. The molecule has 3 rings (SSSR count). The lowest BCUT2D eigenvalue weighted by Gasteiger charge is -2.35. The average Bonchev–Trinajstić information content (AvgIpc) is 2.63. The molecule has 0 radical (unpaired) electrons. The van der Waals surface area contributed by atoms with Crippen molar-refractivity contribution < 1.29 is 9.53 Å². The Balaban J connectivity index is 1.55. The number of morpholine rings is 1. The third-order valence-electron chi connectivity index (χ3n) is 5.30. The smallest absolute Gasteiger partial charge is 0.223 e. The first-order chi connectivity index (χ1) is 11.6. The highest BCUT2D eigenvalue weighted by Crippen LogP contribution is 2.27. The van der Waals surface area contributed by atoms with Crippen molar-refractivity contribution in [1.82, 2.24) is 10.2 Å². The van der Waals surface area contributed by atoms with Crippen molar-refractivity contribution in [2.75, 3.05) is 32.8 Å². The van der Waals surface area contributed by atoms with Crippen molar-refractivity contribution in [2.24, 2.45) is 11.8 Å². The minimum absolute atomic E-state index is 0.0494. The van der Waals surface area contributed by atoms with Gasteiger partial charge in [-0.3, -0.25) is 4.79 Å². The van der Waals surface area contributed by atoms with Crippen molar-refractivity contribution in [3.05, 3.63) is 34.9 Å². The Morgan fingerprint density at radius 3 is 2.92 bits per heavy atom. The number of piperidine rings is 1. The molecular formula is C19H27ClN2O2. The normalized spacial score (nSPS) is 26.2. The minimum Gasteiger partial charge on any atom is -0.370 e. The molecule has 5 heteroatoms. The number of carbonyl (C=O) groups excluding carboxylic acids is 1. The standard InChI is InChI=1S/C19H27ClN2O2/c1-14(16-3-2-8-21-12-16)11-19(23)22-9-10-24-18(13-22)15-4-6-17(20)7-5-15/h4-7,14,16,18,21H,2-3,8-13H2,1H3. The second kappa shape index (κ2) is 8.32. The van der Waals surface area contributed by atoms with Gasteiger partial charge >= 0.3 is 0 Å². The summed E-state index contributed by atoms with van der Waals surface area (Å²) in [6.45, 7) is 6.30. The van der Waals surface area contributed by atoms with Crippen molar-refractivity contribution in [1.29, 1.82) is 0 Å². The number of carbonyl (C=O) groups is 1. The number of hydrogen-bond acceptors (Lipinski definition) is 3. The lowest BCUT2D eigenvalue weighted by molar-refractivity contribution is -0.140. The van der Waals surface area contributed by atoms with Gasteiger partial charge in [-0.1, -0.05) is 30.7 Å². The highest BCUT2D eigenvalue weighted by molar-refractivity contribution is 6.30. The van der Waals surface area contributed by atoms with Crippen molar-refractivity contribution in [2.45, 2.75) is 32.3 Å². The van der Waals surface area contributed by atoms with Gasteiger partial charge in [-0.25, -0.2) is 0 Å². The van der Waals surface area contributed by atoms with Gasteiger partial charge in [0.15, 0.2) is 0 Å². The molecule has 3 atom stereocenters. The minimum atomic E-state index is -0.0494. The van der Waals surface area contributed by atoms with Gasteiger partial charge in [0.2, 0.25) is 5.91 Å². The number of amides is 1. The Morgan fingerprint density at radius 2 is 2.21 bits per heavy atom. The van der Waals surface area contributed by atoms with E-state index in [0.29, 0.717) is 38.0 Å². The van der Waals surface area contributed by atoms with E-state index in [-0.39, 0.29) is 12.0 Å². The average molecular weight is 351 g/mol. The third kappa shape index (κ3) is 4.50. The number of hydrogen-bond donors (Lipinski definition) is 1. The molecule has 3 unspecified atom stereocenters. The number of ether oxygens (including phenoxy) is 1. The van der Waals surface area contributed by atoms with Gasteiger partial charge in [0.05, 0.1) is 13.2 Å². The molecule has 1 amide bonds. The van der Waals surface area contributed by atoms with E-state index in [0.717, 1.165) is 23.7 Å². The maximum atomic E-state index is 12.7. The first kappa shape index (κ1) is 17.7. The predicted molar refractivity (Wildman–Crippen MR) is 96.1 cm³/mol. The lowest BCUT2D eigenvalue weighted by Crippen LogP contribution is -2.43. The van der Waals surface area contributed by atoms with Crippen LogP contribution in [-0.4, -0.2) is 43.6 Å². The second-order valence-corrected chi connectivity index (χ2v) is 7.48. The van der Waals surface area contributed by atoms with Gasteiger partial charge in [-0.15, -0.1) is 0 Å². The molecule has 2 saturated heterocycles. The van der Waals surface area contributed by atoms with Crippen LogP contribution in [0.3, 0.4) is 0 Å². The molecule has 0 bridgehead atoms. The number of benzene rings is 1. The Bertz CT molecular complexity index is 543. The molecule has 0 spiro atoms. The summed E-state index contributed by atoms with van der Waals surface area (Å²) in [5, 5.41) is 4.17. The van der Waals surface area contributed by atoms with Crippen LogP contribution in [0.5, 0.6) is 0 Å². The summed E-state index contributed by atoms with van der Waals surface area (Å²) >= 11 is 5.95. The summed E-state index contributed by atoms with van der Waals surface area (Å²) in [5.41, 5.74) is 1.08. The SMILES string of the molecule is CC(CC(=O)N1CCOC(c2ccc(Cl)cc2)C1)C1CCCNC1. The monoisotopic (exact) mass is 350 g/mol. The van der Waals surface area contributed by atoms with E-state index in [9.17, 15) is 4.79 Å². The summed E-state index contributed by atoms with van der Waals surface area (Å²) in [6.07, 6.45) is 3.04. The van der Waals surface area contributed by atoms with E-state index in [2.05, 4.69) is 12.2 Å². The highest BCUT2D eigenvalue weighted by Gasteiger charge is 2.28. The Kier molecular flexibility index (Phi) is 6.14. The quantitative estimate of drug-likeness (QED) is 0.906. The molecule has 2 aliphatic rings. The van der Waals surface area contributed by atoms with Gasteiger partial charge < -0.3 is 15.0 Å². The predicted octanol–water partition coefficient (Wildman–Crippen LogP) is 3.27. The van der Waals surface area contributed by atoms with Crippen LogP contribution in [0.1, 0.15) is 37.9 Å². The molecule has 2 heterocycles. The van der Waals surface area contributed by atoms with Crippen molar-refractivity contribution >= 4 is 17.5 Å². The molecule has 132 valence electrons. The van der Waals surface area contributed by atoms with Crippen LogP contribution in [0.25, 0.3) is 0 Å². The molecule has 2 fully saturated rings. The molecular weight excluding hydrogens is 324 g/mol. The fourth-order valence-corrected chi connectivity index (χ4v) is 3.82. The molecule has 0 aliphatic carbocycles. The molecule has 4 nitrogen and oxygen atoms in total. The van der Waals surface area contributed by atoms with Gasteiger partial charge in [0.1, 0.15) is 6.10 Å². The second-order valence-electron chi connectivity index (χ2n) is 7.04. The van der Waals surface area contributed by atoms with Crippen LogP contribution < -0.4 is 5.32 Å². The highest BCUT2D eigenvalue weighted by atomic mass is 35.5. The zero-order chi connectivity index (χ0) is 16.9. The zero-order valence-corrected chi connectivity index (χ0v) is 15.1. The molecule has 24 heavy (non-hydrogen) atoms. The summed E-state index contributed by atoms with van der Waals surface area (Å²) in [4.78, 5) is 14.7. The van der Waals surface area contributed by atoms with Gasteiger partial charge in [0.25, 0.3) is 0 Å². The topological polar surface area (TPSA) is 41.6 Å². The summed E-state index contributed by atoms with van der Waals surface area (Å²) in [5.74, 6) is 1.31. The van der Waals surface area contributed by atoms with Crippen molar-refractivity contribution in [3.63, 3.8) is 0 Å². The number of nitrogens with one attached hydrogen (secondary N) is 1. The molecule has 0 saturated carbocycles. The van der Waals surface area contributed by atoms with Gasteiger partial charge in [0, 0.05) is 18.0 Å². The van der Waals surface area contributed by atoms with E-state index >= 15 is 0 Å². The van der Waals surface area contributed by atoms with Crippen LogP contribution in [-0.2, 0) is 9.53 Å². The summed E-state index contributed by atoms with van der Waals surface area (Å²) in [6, 6.07) is 7.72. The van der Waals surface area contributed by atoms with E-state index < -0.39 is 0 Å². The molecule has 1 N–H and O–H groups in total. The summed E-state index contributed by atoms with van der Waals surface area (Å²) < 4.78 is 5.86. The fraction of sp³-hybridized carbons (Fsp3) is 0.632. The molecule has 0 aromatic heterocycles. The molecule has 1 aromatic rings. The maximum absolute atomic E-state index is 12.7. The lowest BCUT2D eigenvalue weighted by atomic mass is 9.85. The van der Waals surface area contributed by atoms with Gasteiger partial charge in [-0.2, -0.15) is 0 Å². The largest absolute Gasteiger partial charge is 0.370 e. The van der Waals surface area contributed by atoms with E-state index in [1.165, 1.54) is 12.8 Å². The van der Waals surface area contributed by atoms with Crippen LogP contribution in [0.2, 0.25) is 5.02 Å². The first-order valence-electron chi connectivity index (χ1n) is 8.99. The zero-order valence-electron chi connectivity index (χ0n) is 14.3. The van der Waals surface area contributed by atoms with Crippen LogP contribution in [0.15, 0.2) is 24.3 Å². The van der Waals surface area contributed by atoms with E-state index in [4.69, 9.17) is 16.3 Å². The summed E-state index contributed by atoms with van der Waals surface area (Å²) in [7, 11) is 0. The number of rotatable bonds is 4. The maximum Gasteiger partial charge on any atom is 0.223 e. The van der Waals surface area contributed by atoms with Crippen LogP contribution in [0.4, 0.5) is 0 Å².